The van der Waals surface area contributed by atoms with E-state index in [1.54, 1.807) is 7.05 Å². The molecule has 5 nitrogen and oxygen atoms in total. The molecule has 2 atom stereocenters. The number of hydrogen-bond acceptors (Lipinski definition) is 3. The topological polar surface area (TPSA) is 53.9 Å². The molecule has 0 amide bonds. The van der Waals surface area contributed by atoms with Crippen molar-refractivity contribution in [3.05, 3.63) is 35.4 Å². The van der Waals surface area contributed by atoms with Gasteiger partial charge in [-0.15, -0.1) is 0 Å². The molecule has 1 aromatic carbocycles. The molecule has 1 fully saturated rings. The molecule has 1 saturated heterocycles. The van der Waals surface area contributed by atoms with E-state index >= 15 is 0 Å². The summed E-state index contributed by atoms with van der Waals surface area (Å²) < 4.78 is 4.90. The van der Waals surface area contributed by atoms with Gasteiger partial charge in [-0.2, -0.15) is 0 Å². The fourth-order valence-electron chi connectivity index (χ4n) is 3.19. The van der Waals surface area contributed by atoms with Gasteiger partial charge in [0.15, 0.2) is 5.96 Å². The van der Waals surface area contributed by atoms with Gasteiger partial charge >= 0.3 is 5.97 Å². The van der Waals surface area contributed by atoms with E-state index in [0.717, 1.165) is 31.9 Å². The normalized spacial score (nSPS) is 21.0. The lowest BCUT2D eigenvalue weighted by atomic mass is 9.99. The van der Waals surface area contributed by atoms with E-state index in [1.165, 1.54) is 18.2 Å². The molecule has 0 spiro atoms. The summed E-state index contributed by atoms with van der Waals surface area (Å²) in [4.78, 5) is 18.3. The van der Waals surface area contributed by atoms with Crippen molar-refractivity contribution in [2.45, 2.75) is 26.7 Å². The number of benzene rings is 1. The molecule has 0 aliphatic carbocycles. The Bertz CT molecular complexity index is 568. The van der Waals surface area contributed by atoms with Crippen LogP contribution in [0.1, 0.15) is 25.0 Å². The van der Waals surface area contributed by atoms with Crippen molar-refractivity contribution < 1.29 is 9.53 Å². The highest BCUT2D eigenvalue weighted by molar-refractivity contribution is 5.82. The van der Waals surface area contributed by atoms with Crippen LogP contribution in [0.5, 0.6) is 0 Å². The molecule has 1 N–H and O–H groups in total. The lowest BCUT2D eigenvalue weighted by Crippen LogP contribution is -2.41. The SMILES string of the molecule is CCc1ccc(CCNC(=NC)N2CC(C)C(C(=O)OC)C2)cc1. The van der Waals surface area contributed by atoms with Crippen LogP contribution in [-0.2, 0) is 22.4 Å². The number of methoxy groups -OCH3 is 1. The maximum Gasteiger partial charge on any atom is 0.310 e. The first-order chi connectivity index (χ1) is 11.6. The average Bonchev–Trinajstić information content (AvgIpc) is 3.00. The number of aryl methyl sites for hydroxylation is 1. The van der Waals surface area contributed by atoms with Crippen LogP contribution < -0.4 is 5.32 Å². The van der Waals surface area contributed by atoms with Crippen molar-refractivity contribution in [2.75, 3.05) is 33.8 Å². The van der Waals surface area contributed by atoms with Gasteiger partial charge in [-0.1, -0.05) is 38.1 Å². The second-order valence-electron chi connectivity index (χ2n) is 6.41. The fraction of sp³-hybridized carbons (Fsp3) is 0.579. The number of likely N-dealkylation sites (tertiary alicyclic amines) is 1. The molecule has 132 valence electrons. The summed E-state index contributed by atoms with van der Waals surface area (Å²) in [6, 6.07) is 8.75. The predicted octanol–water partition coefficient (Wildman–Crippen LogP) is 2.11. The van der Waals surface area contributed by atoms with Crippen molar-refractivity contribution in [2.24, 2.45) is 16.8 Å². The molecule has 24 heavy (non-hydrogen) atoms. The largest absolute Gasteiger partial charge is 0.469 e. The van der Waals surface area contributed by atoms with E-state index in [2.05, 4.69) is 53.3 Å². The van der Waals surface area contributed by atoms with E-state index in [9.17, 15) is 4.79 Å². The average molecular weight is 331 g/mol. The first-order valence-corrected chi connectivity index (χ1v) is 8.70. The number of hydrogen-bond donors (Lipinski definition) is 1. The Labute approximate surface area is 145 Å². The van der Waals surface area contributed by atoms with Crippen LogP contribution >= 0.6 is 0 Å². The Kier molecular flexibility index (Phi) is 6.64. The zero-order valence-corrected chi connectivity index (χ0v) is 15.2. The van der Waals surface area contributed by atoms with E-state index in [-0.39, 0.29) is 17.8 Å². The molecular formula is C19H29N3O2. The molecule has 2 unspecified atom stereocenters. The third kappa shape index (κ3) is 4.49. The number of nitrogens with one attached hydrogen (secondary N) is 1. The Balaban J connectivity index is 1.85. The van der Waals surface area contributed by atoms with Crippen LogP contribution in [0.4, 0.5) is 0 Å². The van der Waals surface area contributed by atoms with Crippen molar-refractivity contribution in [3.8, 4) is 0 Å². The third-order valence-electron chi connectivity index (χ3n) is 4.76. The van der Waals surface area contributed by atoms with Crippen LogP contribution in [0.2, 0.25) is 0 Å². The van der Waals surface area contributed by atoms with Gasteiger partial charge in [-0.25, -0.2) is 0 Å². The minimum atomic E-state index is -0.128. The maximum absolute atomic E-state index is 11.8. The van der Waals surface area contributed by atoms with Gasteiger partial charge in [-0.05, 0) is 29.9 Å². The van der Waals surface area contributed by atoms with Crippen LogP contribution in [0.25, 0.3) is 0 Å². The molecule has 0 radical (unpaired) electrons. The van der Waals surface area contributed by atoms with Crippen LogP contribution in [0.15, 0.2) is 29.3 Å². The summed E-state index contributed by atoms with van der Waals surface area (Å²) in [6.07, 6.45) is 2.02. The highest BCUT2D eigenvalue weighted by Crippen LogP contribution is 2.24. The molecule has 0 aromatic heterocycles. The lowest BCUT2D eigenvalue weighted by Gasteiger charge is -2.21. The molecule has 1 aliphatic rings. The number of carbonyl (C=O) groups excluding carboxylic acids is 1. The summed E-state index contributed by atoms with van der Waals surface area (Å²) in [5, 5.41) is 3.41. The molecule has 2 rings (SSSR count). The predicted molar refractivity (Wildman–Crippen MR) is 97.1 cm³/mol. The van der Waals surface area contributed by atoms with Crippen LogP contribution in [0, 0.1) is 11.8 Å². The van der Waals surface area contributed by atoms with Gasteiger partial charge in [-0.3, -0.25) is 9.79 Å². The van der Waals surface area contributed by atoms with E-state index < -0.39 is 0 Å². The van der Waals surface area contributed by atoms with Crippen molar-refractivity contribution in [3.63, 3.8) is 0 Å². The first-order valence-electron chi connectivity index (χ1n) is 8.70. The second kappa shape index (κ2) is 8.71. The number of nitrogens with zero attached hydrogens (tertiary/aromatic N) is 2. The van der Waals surface area contributed by atoms with Gasteiger partial charge in [0.25, 0.3) is 0 Å². The molecule has 0 bridgehead atoms. The lowest BCUT2D eigenvalue weighted by molar-refractivity contribution is -0.145. The second-order valence-corrected chi connectivity index (χ2v) is 6.41. The van der Waals surface area contributed by atoms with Crippen molar-refractivity contribution >= 4 is 11.9 Å². The maximum atomic E-state index is 11.8. The Morgan fingerprint density at radius 1 is 1.29 bits per heavy atom. The summed E-state index contributed by atoms with van der Waals surface area (Å²) in [6.45, 7) is 6.57. The van der Waals surface area contributed by atoms with E-state index in [1.807, 2.05) is 0 Å². The van der Waals surface area contributed by atoms with E-state index in [4.69, 9.17) is 4.74 Å². The van der Waals surface area contributed by atoms with E-state index in [0.29, 0.717) is 6.54 Å². The number of carbonyl (C=O) groups is 1. The number of guanidine groups is 1. The van der Waals surface area contributed by atoms with Gasteiger partial charge in [0.05, 0.1) is 13.0 Å². The smallest absolute Gasteiger partial charge is 0.310 e. The van der Waals surface area contributed by atoms with Crippen LogP contribution in [0.3, 0.4) is 0 Å². The zero-order chi connectivity index (χ0) is 17.5. The molecule has 1 heterocycles. The quantitative estimate of drug-likeness (QED) is 0.510. The number of esters is 1. The van der Waals surface area contributed by atoms with Gasteiger partial charge in [0, 0.05) is 26.7 Å². The van der Waals surface area contributed by atoms with Gasteiger partial charge in [0.2, 0.25) is 0 Å². The molecule has 1 aliphatic heterocycles. The first kappa shape index (κ1) is 18.3. The number of rotatable bonds is 5. The monoisotopic (exact) mass is 331 g/mol. The van der Waals surface area contributed by atoms with Crippen molar-refractivity contribution in [1.82, 2.24) is 10.2 Å². The van der Waals surface area contributed by atoms with Gasteiger partial charge < -0.3 is 15.0 Å². The standard InChI is InChI=1S/C19H29N3O2/c1-5-15-6-8-16(9-7-15)10-11-21-19(20-3)22-12-14(2)17(13-22)18(23)24-4/h6-9,14,17H,5,10-13H2,1-4H3,(H,20,21). The summed E-state index contributed by atoms with van der Waals surface area (Å²) >= 11 is 0. The third-order valence-corrected chi connectivity index (χ3v) is 4.76. The molecule has 5 heteroatoms. The molecule has 0 saturated carbocycles. The minimum Gasteiger partial charge on any atom is -0.469 e. The molecular weight excluding hydrogens is 302 g/mol. The highest BCUT2D eigenvalue weighted by Gasteiger charge is 2.36. The summed E-state index contributed by atoms with van der Waals surface area (Å²) in [5.41, 5.74) is 2.68. The number of aliphatic imine (C=N–C) groups is 1. The Hall–Kier alpha value is -2.04. The molecule has 1 aromatic rings. The summed E-state index contributed by atoms with van der Waals surface area (Å²) in [5.74, 6) is 0.933. The van der Waals surface area contributed by atoms with Crippen molar-refractivity contribution in [1.29, 1.82) is 0 Å². The van der Waals surface area contributed by atoms with Gasteiger partial charge in [0.1, 0.15) is 0 Å². The zero-order valence-electron chi connectivity index (χ0n) is 15.2. The minimum absolute atomic E-state index is 0.0739. The summed E-state index contributed by atoms with van der Waals surface area (Å²) in [7, 11) is 3.24. The van der Waals surface area contributed by atoms with Crippen LogP contribution in [-0.4, -0.2) is 50.6 Å². The Morgan fingerprint density at radius 3 is 2.54 bits per heavy atom. The highest BCUT2D eigenvalue weighted by atomic mass is 16.5. The number of ether oxygens (including phenoxy) is 1. The fourth-order valence-corrected chi connectivity index (χ4v) is 3.19. The Morgan fingerprint density at radius 2 is 1.96 bits per heavy atom.